The zero-order valence-corrected chi connectivity index (χ0v) is 9.40. The zero-order valence-electron chi connectivity index (χ0n) is 9.40. The van der Waals surface area contributed by atoms with Gasteiger partial charge in [-0.05, 0) is 25.9 Å². The Morgan fingerprint density at radius 2 is 0.769 bits per heavy atom. The van der Waals surface area contributed by atoms with E-state index >= 15 is 0 Å². The third kappa shape index (κ3) is 138. The van der Waals surface area contributed by atoms with Crippen LogP contribution in [0.1, 0.15) is 60.8 Å². The van der Waals surface area contributed by atoms with E-state index in [0.717, 1.165) is 25.9 Å². The van der Waals surface area contributed by atoms with Crippen LogP contribution < -0.4 is 11.5 Å². The molecule has 13 heavy (non-hydrogen) atoms. The fourth-order valence-corrected chi connectivity index (χ4v) is 0. The van der Waals surface area contributed by atoms with Crippen LogP contribution in [0.2, 0.25) is 0 Å². The molecule has 0 amide bonds. The van der Waals surface area contributed by atoms with Gasteiger partial charge < -0.3 is 11.5 Å². The molecule has 0 saturated heterocycles. The van der Waals surface area contributed by atoms with E-state index < -0.39 is 0 Å². The minimum atomic E-state index is 0. The van der Waals surface area contributed by atoms with E-state index in [9.17, 15) is 0 Å². The van der Waals surface area contributed by atoms with Crippen molar-refractivity contribution in [3.8, 4) is 0 Å². The number of unbranched alkanes of at least 4 members (excludes halogenated alkanes) is 1. The molecule has 2 heteroatoms. The van der Waals surface area contributed by atoms with E-state index in [1.54, 1.807) is 0 Å². The first-order valence-electron chi connectivity index (χ1n) is 5.14. The molecule has 0 unspecified atom stereocenters. The van der Waals surface area contributed by atoms with Crippen molar-refractivity contribution in [2.24, 2.45) is 11.5 Å². The molecule has 0 fully saturated rings. The summed E-state index contributed by atoms with van der Waals surface area (Å²) >= 11 is 0. The lowest BCUT2D eigenvalue weighted by Gasteiger charge is -1.70. The predicted octanol–water partition coefficient (Wildman–Crippen LogP) is 3.15. The highest BCUT2D eigenvalue weighted by atomic mass is 14.5. The van der Waals surface area contributed by atoms with E-state index in [4.69, 9.17) is 11.5 Å². The summed E-state index contributed by atoms with van der Waals surface area (Å²) in [6, 6.07) is 0. The number of rotatable bonds is 3. The summed E-state index contributed by atoms with van der Waals surface area (Å²) in [6.45, 7) is 10.1. The molecule has 2 nitrogen and oxygen atoms in total. The molecular formula is C11H32N2. The maximum Gasteiger partial charge on any atom is -0.00799 e. The van der Waals surface area contributed by atoms with Crippen LogP contribution in [-0.4, -0.2) is 13.1 Å². The molecule has 0 aliphatic rings. The topological polar surface area (TPSA) is 52.0 Å². The summed E-state index contributed by atoms with van der Waals surface area (Å²) < 4.78 is 0. The molecular weight excluding hydrogens is 160 g/mol. The van der Waals surface area contributed by atoms with E-state index in [-0.39, 0.29) is 7.43 Å². The quantitative estimate of drug-likeness (QED) is 0.721. The lowest BCUT2D eigenvalue weighted by Crippen LogP contribution is -1.93. The minimum absolute atomic E-state index is 0. The maximum atomic E-state index is 5.03. The molecule has 0 aromatic heterocycles. The molecule has 0 aliphatic heterocycles. The number of hydrogen-bond donors (Lipinski definition) is 2. The molecule has 0 aliphatic carbocycles. The van der Waals surface area contributed by atoms with Crippen molar-refractivity contribution in [3.05, 3.63) is 0 Å². The summed E-state index contributed by atoms with van der Waals surface area (Å²) in [5.74, 6) is 0. The van der Waals surface area contributed by atoms with Crippen LogP contribution >= 0.6 is 0 Å². The summed E-state index contributed by atoms with van der Waals surface area (Å²) in [5, 5.41) is 0. The van der Waals surface area contributed by atoms with E-state index in [1.807, 2.05) is 0 Å². The summed E-state index contributed by atoms with van der Waals surface area (Å²) in [6.07, 6.45) is 4.83. The molecule has 0 rings (SSSR count). The first kappa shape index (κ1) is 23.1. The predicted molar refractivity (Wildman–Crippen MR) is 66.0 cm³/mol. The Kier molecular flexibility index (Phi) is 72.0. The molecule has 0 saturated carbocycles. The van der Waals surface area contributed by atoms with Crippen molar-refractivity contribution in [2.75, 3.05) is 13.1 Å². The van der Waals surface area contributed by atoms with Crippen molar-refractivity contribution < 1.29 is 0 Å². The average Bonchev–Trinajstić information content (AvgIpc) is 2.18. The van der Waals surface area contributed by atoms with Gasteiger partial charge in [0, 0.05) is 0 Å². The normalized spacial score (nSPS) is 6.92. The number of nitrogens with two attached hydrogens (primary N) is 2. The lowest BCUT2D eigenvalue weighted by molar-refractivity contribution is 0.886. The largest absolute Gasteiger partial charge is 0.330 e. The SMILES string of the molecule is C.CCCC.CCCN.CCCN. The first-order valence-corrected chi connectivity index (χ1v) is 5.14. The fourth-order valence-electron chi connectivity index (χ4n) is 0. The Bertz CT molecular complexity index is 23.6. The highest BCUT2D eigenvalue weighted by Crippen LogP contribution is 1.76. The van der Waals surface area contributed by atoms with Crippen molar-refractivity contribution in [1.82, 2.24) is 0 Å². The minimum Gasteiger partial charge on any atom is -0.330 e. The molecule has 0 bridgehead atoms. The summed E-state index contributed by atoms with van der Waals surface area (Å²) in [4.78, 5) is 0. The summed E-state index contributed by atoms with van der Waals surface area (Å²) in [7, 11) is 0. The lowest BCUT2D eigenvalue weighted by atomic mass is 10.4. The Labute approximate surface area is 86.1 Å². The molecule has 0 spiro atoms. The molecule has 4 N–H and O–H groups in total. The zero-order chi connectivity index (χ0) is 10.2. The Hall–Kier alpha value is -0.0800. The Morgan fingerprint density at radius 3 is 0.769 bits per heavy atom. The highest BCUT2D eigenvalue weighted by molar-refractivity contribution is 4.19. The smallest absolute Gasteiger partial charge is 0.00799 e. The van der Waals surface area contributed by atoms with Crippen LogP contribution in [0.3, 0.4) is 0 Å². The van der Waals surface area contributed by atoms with Crippen molar-refractivity contribution in [1.29, 1.82) is 0 Å². The molecule has 0 atom stereocenters. The third-order valence-corrected chi connectivity index (χ3v) is 1.08. The van der Waals surface area contributed by atoms with Crippen molar-refractivity contribution in [2.45, 2.75) is 60.8 Å². The van der Waals surface area contributed by atoms with Crippen molar-refractivity contribution in [3.63, 3.8) is 0 Å². The van der Waals surface area contributed by atoms with E-state index in [2.05, 4.69) is 27.7 Å². The fraction of sp³-hybridized carbons (Fsp3) is 1.00. The first-order chi connectivity index (χ1) is 5.74. The van der Waals surface area contributed by atoms with Gasteiger partial charge in [-0.1, -0.05) is 48.0 Å². The Morgan fingerprint density at radius 1 is 0.615 bits per heavy atom. The van der Waals surface area contributed by atoms with Crippen LogP contribution in [0.4, 0.5) is 0 Å². The Balaban J connectivity index is -0.0000000450. The van der Waals surface area contributed by atoms with Crippen LogP contribution in [0.5, 0.6) is 0 Å². The second-order valence-corrected chi connectivity index (χ2v) is 2.58. The van der Waals surface area contributed by atoms with Gasteiger partial charge in [-0.3, -0.25) is 0 Å². The van der Waals surface area contributed by atoms with Gasteiger partial charge >= 0.3 is 0 Å². The van der Waals surface area contributed by atoms with Crippen LogP contribution in [0.15, 0.2) is 0 Å². The highest BCUT2D eigenvalue weighted by Gasteiger charge is 1.56. The van der Waals surface area contributed by atoms with Gasteiger partial charge in [0.2, 0.25) is 0 Å². The van der Waals surface area contributed by atoms with Crippen LogP contribution in [0, 0.1) is 0 Å². The van der Waals surface area contributed by atoms with Crippen LogP contribution in [0.25, 0.3) is 0 Å². The maximum absolute atomic E-state index is 5.03. The molecule has 0 heterocycles. The van der Waals surface area contributed by atoms with E-state index in [1.165, 1.54) is 12.8 Å². The van der Waals surface area contributed by atoms with Gasteiger partial charge in [-0.2, -0.15) is 0 Å². The molecule has 0 aromatic carbocycles. The molecule has 86 valence electrons. The van der Waals surface area contributed by atoms with Crippen LogP contribution in [-0.2, 0) is 0 Å². The van der Waals surface area contributed by atoms with E-state index in [0.29, 0.717) is 0 Å². The standard InChI is InChI=1S/C4H10.2C3H9N.CH4/c1-3-4-2;2*1-2-3-4;/h3-4H2,1-2H3;2*2-4H2,1H3;1H4. The monoisotopic (exact) mass is 192 g/mol. The summed E-state index contributed by atoms with van der Waals surface area (Å²) in [5.41, 5.74) is 10.1. The number of hydrogen-bond acceptors (Lipinski definition) is 2. The third-order valence-electron chi connectivity index (χ3n) is 1.08. The van der Waals surface area contributed by atoms with Crippen molar-refractivity contribution >= 4 is 0 Å². The average molecular weight is 192 g/mol. The van der Waals surface area contributed by atoms with Gasteiger partial charge in [-0.25, -0.2) is 0 Å². The van der Waals surface area contributed by atoms with Gasteiger partial charge in [0.15, 0.2) is 0 Å². The van der Waals surface area contributed by atoms with Gasteiger partial charge in [-0.15, -0.1) is 0 Å². The van der Waals surface area contributed by atoms with Gasteiger partial charge in [0.25, 0.3) is 0 Å². The second-order valence-electron chi connectivity index (χ2n) is 2.58. The molecule has 0 aromatic rings. The second kappa shape index (κ2) is 40.6. The van der Waals surface area contributed by atoms with Gasteiger partial charge in [0.05, 0.1) is 0 Å². The molecule has 0 radical (unpaired) electrons. The van der Waals surface area contributed by atoms with Gasteiger partial charge in [0.1, 0.15) is 0 Å².